The predicted octanol–water partition coefficient (Wildman–Crippen LogP) is 6.22. The molecule has 10 heteroatoms. The molecule has 34 heavy (non-hydrogen) atoms. The molecule has 1 amide bonds. The molecule has 0 saturated heterocycles. The minimum Gasteiger partial charge on any atom is -0.462 e. The Bertz CT molecular complexity index is 1260. The highest BCUT2D eigenvalue weighted by atomic mass is 32.2. The summed E-state index contributed by atoms with van der Waals surface area (Å²) in [4.78, 5) is 26.6. The number of carbonyl (C=O) groups is 2. The summed E-state index contributed by atoms with van der Waals surface area (Å²) in [6, 6.07) is 13.7. The number of rotatable bonds is 9. The number of hydrogen-bond donors (Lipinski definition) is 1. The van der Waals surface area contributed by atoms with Gasteiger partial charge in [0.25, 0.3) is 0 Å². The summed E-state index contributed by atoms with van der Waals surface area (Å²) in [5.41, 5.74) is 2.01. The maximum Gasteiger partial charge on any atom is 0.341 e. The third kappa shape index (κ3) is 5.24. The minimum absolute atomic E-state index is 0.135. The minimum atomic E-state index is -0.453. The molecular weight excluding hydrogens is 488 g/mol. The van der Waals surface area contributed by atoms with Crippen molar-refractivity contribution < 1.29 is 14.3 Å². The van der Waals surface area contributed by atoms with Crippen molar-refractivity contribution in [2.45, 2.75) is 32.0 Å². The molecule has 0 bridgehead atoms. The molecule has 7 nitrogen and oxygen atoms in total. The number of nitrogens with zero attached hydrogens (tertiary/aromatic N) is 3. The van der Waals surface area contributed by atoms with Gasteiger partial charge in [-0.25, -0.2) is 4.79 Å². The third-order valence-corrected chi connectivity index (χ3v) is 7.57. The first kappa shape index (κ1) is 24.2. The van der Waals surface area contributed by atoms with Crippen LogP contribution in [0.2, 0.25) is 0 Å². The van der Waals surface area contributed by atoms with E-state index in [9.17, 15) is 9.59 Å². The van der Waals surface area contributed by atoms with Crippen molar-refractivity contribution in [3.05, 3.63) is 58.8 Å². The average molecular weight is 513 g/mol. The number of hydrogen-bond acceptors (Lipinski definition) is 8. The highest BCUT2D eigenvalue weighted by Gasteiger charge is 2.23. The van der Waals surface area contributed by atoms with Crippen LogP contribution in [0.5, 0.6) is 0 Å². The van der Waals surface area contributed by atoms with Crippen molar-refractivity contribution in [1.29, 1.82) is 0 Å². The topological polar surface area (TPSA) is 86.1 Å². The molecule has 0 spiro atoms. The van der Waals surface area contributed by atoms with E-state index in [0.717, 1.165) is 21.8 Å². The molecule has 1 aromatic carbocycles. The third-order valence-electron chi connectivity index (χ3n) is 4.86. The summed E-state index contributed by atoms with van der Waals surface area (Å²) in [5.74, 6) is 0.248. The Kier molecular flexibility index (Phi) is 7.81. The van der Waals surface area contributed by atoms with Gasteiger partial charge in [-0.2, -0.15) is 0 Å². The summed E-state index contributed by atoms with van der Waals surface area (Å²) in [5, 5.41) is 16.6. The van der Waals surface area contributed by atoms with E-state index in [-0.39, 0.29) is 24.3 Å². The summed E-state index contributed by atoms with van der Waals surface area (Å²) in [6.45, 7) is 6.14. The normalized spacial score (nSPS) is 11.1. The van der Waals surface area contributed by atoms with E-state index in [1.807, 2.05) is 57.8 Å². The Morgan fingerprint density at radius 1 is 1.12 bits per heavy atom. The summed E-state index contributed by atoms with van der Waals surface area (Å²) < 4.78 is 7.30. The van der Waals surface area contributed by atoms with Crippen LogP contribution in [-0.2, 0) is 9.53 Å². The van der Waals surface area contributed by atoms with Crippen LogP contribution >= 0.6 is 34.4 Å². The van der Waals surface area contributed by atoms with Crippen molar-refractivity contribution >= 4 is 51.3 Å². The Morgan fingerprint density at radius 3 is 2.59 bits per heavy atom. The lowest BCUT2D eigenvalue weighted by Crippen LogP contribution is -2.17. The smallest absolute Gasteiger partial charge is 0.341 e. The van der Waals surface area contributed by atoms with Crippen LogP contribution < -0.4 is 5.32 Å². The second kappa shape index (κ2) is 11.0. The fourth-order valence-corrected chi connectivity index (χ4v) is 5.94. The fourth-order valence-electron chi connectivity index (χ4n) is 3.39. The van der Waals surface area contributed by atoms with Gasteiger partial charge in [-0.15, -0.1) is 32.9 Å². The number of amides is 1. The maximum absolute atomic E-state index is 12.8. The fraction of sp³-hybridized carbons (Fsp3) is 0.250. The second-order valence-corrected chi connectivity index (χ2v) is 10.3. The van der Waals surface area contributed by atoms with E-state index < -0.39 is 5.97 Å². The zero-order chi connectivity index (χ0) is 24.1. The van der Waals surface area contributed by atoms with Gasteiger partial charge < -0.3 is 10.1 Å². The molecule has 0 saturated carbocycles. The zero-order valence-corrected chi connectivity index (χ0v) is 21.4. The van der Waals surface area contributed by atoms with Crippen LogP contribution in [-0.4, -0.2) is 39.0 Å². The van der Waals surface area contributed by atoms with Gasteiger partial charge in [-0.05, 0) is 37.8 Å². The highest BCUT2D eigenvalue weighted by Crippen LogP contribution is 2.36. The lowest BCUT2D eigenvalue weighted by atomic mass is 10.0. The van der Waals surface area contributed by atoms with Crippen LogP contribution in [0, 0.1) is 0 Å². The molecule has 176 valence electrons. The SMILES string of the molecule is CCOC(=O)c1c(-c2ccccc2)csc1NC(=O)CSc1nnc(-c2cccs2)n1C(C)C. The number of thioether (sulfide) groups is 1. The van der Waals surface area contributed by atoms with E-state index in [0.29, 0.717) is 15.7 Å². The van der Waals surface area contributed by atoms with Gasteiger partial charge in [-0.3, -0.25) is 9.36 Å². The summed E-state index contributed by atoms with van der Waals surface area (Å²) in [7, 11) is 0. The number of esters is 1. The zero-order valence-electron chi connectivity index (χ0n) is 19.0. The summed E-state index contributed by atoms with van der Waals surface area (Å²) in [6.07, 6.45) is 0. The molecule has 4 rings (SSSR count). The van der Waals surface area contributed by atoms with E-state index in [1.54, 1.807) is 18.3 Å². The van der Waals surface area contributed by atoms with E-state index in [1.165, 1.54) is 23.1 Å². The van der Waals surface area contributed by atoms with Gasteiger partial charge in [0.05, 0.1) is 17.2 Å². The monoisotopic (exact) mass is 512 g/mol. The molecule has 0 unspecified atom stereocenters. The number of carbonyl (C=O) groups excluding carboxylic acids is 2. The maximum atomic E-state index is 12.8. The first-order chi connectivity index (χ1) is 16.5. The van der Waals surface area contributed by atoms with Gasteiger partial charge in [0.15, 0.2) is 11.0 Å². The molecule has 0 aliphatic rings. The highest BCUT2D eigenvalue weighted by molar-refractivity contribution is 7.99. The number of anilines is 1. The average Bonchev–Trinajstić information content (AvgIpc) is 3.57. The Labute approximate surface area is 210 Å². The first-order valence-corrected chi connectivity index (χ1v) is 13.5. The Hall–Kier alpha value is -2.95. The molecule has 0 fully saturated rings. The van der Waals surface area contributed by atoms with Crippen LogP contribution in [0.1, 0.15) is 37.2 Å². The van der Waals surface area contributed by atoms with E-state index in [2.05, 4.69) is 29.4 Å². The molecule has 1 N–H and O–H groups in total. The van der Waals surface area contributed by atoms with E-state index in [4.69, 9.17) is 4.74 Å². The number of nitrogens with one attached hydrogen (secondary N) is 1. The molecule has 0 aliphatic carbocycles. The van der Waals surface area contributed by atoms with Crippen LogP contribution in [0.15, 0.2) is 58.4 Å². The van der Waals surface area contributed by atoms with Crippen molar-refractivity contribution in [2.24, 2.45) is 0 Å². The van der Waals surface area contributed by atoms with Gasteiger partial charge in [-0.1, -0.05) is 48.2 Å². The molecule has 0 radical (unpaired) electrons. The Balaban J connectivity index is 1.52. The summed E-state index contributed by atoms with van der Waals surface area (Å²) >= 11 is 4.23. The first-order valence-electron chi connectivity index (χ1n) is 10.7. The Morgan fingerprint density at radius 2 is 1.91 bits per heavy atom. The molecular formula is C24H24N4O3S3. The van der Waals surface area contributed by atoms with Crippen LogP contribution in [0.3, 0.4) is 0 Å². The van der Waals surface area contributed by atoms with Gasteiger partial charge >= 0.3 is 5.97 Å². The number of aromatic nitrogens is 3. The molecule has 3 heterocycles. The number of benzene rings is 1. The largest absolute Gasteiger partial charge is 0.462 e. The van der Waals surface area contributed by atoms with Gasteiger partial charge in [0.2, 0.25) is 5.91 Å². The lowest BCUT2D eigenvalue weighted by Gasteiger charge is -2.13. The van der Waals surface area contributed by atoms with Crippen molar-refractivity contribution in [2.75, 3.05) is 17.7 Å². The van der Waals surface area contributed by atoms with E-state index >= 15 is 0 Å². The van der Waals surface area contributed by atoms with Crippen molar-refractivity contribution in [3.8, 4) is 21.8 Å². The molecule has 3 aromatic heterocycles. The van der Waals surface area contributed by atoms with Crippen LogP contribution in [0.4, 0.5) is 5.00 Å². The van der Waals surface area contributed by atoms with Crippen molar-refractivity contribution in [3.63, 3.8) is 0 Å². The van der Waals surface area contributed by atoms with Gasteiger partial charge in [0.1, 0.15) is 10.6 Å². The quantitative estimate of drug-likeness (QED) is 0.212. The molecule has 4 aromatic rings. The lowest BCUT2D eigenvalue weighted by molar-refractivity contribution is -0.113. The van der Waals surface area contributed by atoms with Gasteiger partial charge in [0, 0.05) is 17.0 Å². The second-order valence-electron chi connectivity index (χ2n) is 7.52. The van der Waals surface area contributed by atoms with Crippen molar-refractivity contribution in [1.82, 2.24) is 14.8 Å². The number of ether oxygens (including phenoxy) is 1. The predicted molar refractivity (Wildman–Crippen MR) is 139 cm³/mol. The molecule has 0 aliphatic heterocycles. The molecule has 0 atom stereocenters. The standard InChI is InChI=1S/C24H24N4O3S3/c1-4-31-23(30)20-17(16-9-6-5-7-10-16)13-33-22(20)25-19(29)14-34-24-27-26-21(28(24)15(2)3)18-11-8-12-32-18/h5-13,15H,4,14H2,1-3H3,(H,25,29). The van der Waals surface area contributed by atoms with Crippen LogP contribution in [0.25, 0.3) is 21.8 Å². The number of thiophene rings is 2.